The van der Waals surface area contributed by atoms with Gasteiger partial charge in [-0.25, -0.2) is 9.07 Å². The van der Waals surface area contributed by atoms with Gasteiger partial charge < -0.3 is 10.1 Å². The van der Waals surface area contributed by atoms with Crippen LogP contribution in [0.1, 0.15) is 45.6 Å². The number of nitrogens with one attached hydrogen (secondary N) is 1. The summed E-state index contributed by atoms with van der Waals surface area (Å²) in [4.78, 5) is 28.9. The molecule has 1 N–H and O–H groups in total. The molecule has 2 heterocycles. The van der Waals surface area contributed by atoms with E-state index >= 15 is 0 Å². The number of halogens is 4. The number of nitrogens with zero attached hydrogens (tertiary/aromatic N) is 3. The van der Waals surface area contributed by atoms with E-state index in [-0.39, 0.29) is 17.9 Å². The molecule has 1 aromatic heterocycles. The van der Waals surface area contributed by atoms with Crippen molar-refractivity contribution in [3.05, 3.63) is 107 Å². The van der Waals surface area contributed by atoms with Crippen molar-refractivity contribution >= 4 is 17.6 Å². The second kappa shape index (κ2) is 10.7. The molecule has 4 aromatic rings. The highest BCUT2D eigenvalue weighted by Gasteiger charge is 2.46. The van der Waals surface area contributed by atoms with E-state index in [0.717, 1.165) is 18.2 Å². The van der Waals surface area contributed by atoms with Gasteiger partial charge in [-0.3, -0.25) is 14.5 Å². The van der Waals surface area contributed by atoms with Crippen molar-refractivity contribution < 1.29 is 31.9 Å². The average Bonchev–Trinajstić information content (AvgIpc) is 3.30. The number of alkyl halides is 3. The minimum absolute atomic E-state index is 0.0644. The van der Waals surface area contributed by atoms with E-state index in [0.29, 0.717) is 28.3 Å². The zero-order valence-electron chi connectivity index (χ0n) is 22.4. The van der Waals surface area contributed by atoms with E-state index in [2.05, 4.69) is 5.32 Å². The number of ether oxygens (including phenoxy) is 1. The molecule has 0 saturated heterocycles. The van der Waals surface area contributed by atoms with Crippen molar-refractivity contribution in [2.24, 2.45) is 0 Å². The molecule has 0 spiro atoms. The average molecular weight is 567 g/mol. The van der Waals surface area contributed by atoms with E-state index < -0.39 is 41.3 Å². The Hall–Kier alpha value is -4.67. The van der Waals surface area contributed by atoms with E-state index in [9.17, 15) is 27.2 Å². The molecular weight excluding hydrogens is 540 g/mol. The molecule has 212 valence electrons. The summed E-state index contributed by atoms with van der Waals surface area (Å²) >= 11 is 0. The number of hydrogen-bond acceptors (Lipinski definition) is 4. The first-order valence-electron chi connectivity index (χ1n) is 12.8. The number of amides is 2. The van der Waals surface area contributed by atoms with Gasteiger partial charge in [0, 0.05) is 23.6 Å². The first kappa shape index (κ1) is 27.9. The van der Waals surface area contributed by atoms with E-state index in [1.165, 1.54) is 36.3 Å². The second-order valence-corrected chi connectivity index (χ2v) is 9.55. The van der Waals surface area contributed by atoms with Crippen LogP contribution in [0.4, 0.5) is 23.4 Å². The van der Waals surface area contributed by atoms with Crippen LogP contribution in [0.5, 0.6) is 5.75 Å². The van der Waals surface area contributed by atoms with Crippen LogP contribution in [0.25, 0.3) is 5.69 Å². The summed E-state index contributed by atoms with van der Waals surface area (Å²) in [6, 6.07) is 16.1. The fourth-order valence-electron chi connectivity index (χ4n) is 5.22. The van der Waals surface area contributed by atoms with Gasteiger partial charge in [0.15, 0.2) is 11.6 Å². The molecule has 2 amide bonds. The first-order valence-corrected chi connectivity index (χ1v) is 12.8. The van der Waals surface area contributed by atoms with Gasteiger partial charge in [0.1, 0.15) is 11.9 Å². The van der Waals surface area contributed by atoms with Crippen LogP contribution in [-0.2, 0) is 11.0 Å². The number of anilines is 1. The molecule has 0 fully saturated rings. The molecule has 2 unspecified atom stereocenters. The number of hydrogen-bond donors (Lipinski definition) is 1. The third-order valence-electron chi connectivity index (χ3n) is 7.10. The minimum atomic E-state index is -4.65. The van der Waals surface area contributed by atoms with Crippen molar-refractivity contribution in [3.8, 4) is 11.4 Å². The number of para-hydroxylation sites is 1. The fourth-order valence-corrected chi connectivity index (χ4v) is 5.22. The monoisotopic (exact) mass is 566 g/mol. The summed E-state index contributed by atoms with van der Waals surface area (Å²) in [5, 5.41) is 7.40. The maximum Gasteiger partial charge on any atom is 0.416 e. The van der Waals surface area contributed by atoms with Crippen molar-refractivity contribution in [1.29, 1.82) is 0 Å². The molecule has 41 heavy (non-hydrogen) atoms. The Morgan fingerprint density at radius 2 is 1.78 bits per heavy atom. The number of rotatable bonds is 6. The number of aromatic nitrogens is 2. The predicted octanol–water partition coefficient (Wildman–Crippen LogP) is 5.64. The predicted molar refractivity (Wildman–Crippen MR) is 144 cm³/mol. The number of methoxy groups -OCH3 is 1. The number of carbonyl (C=O) groups is 2. The number of likely N-dealkylation sites (N-methyl/N-ethyl adjacent to an activating group) is 1. The summed E-state index contributed by atoms with van der Waals surface area (Å²) in [6.45, 7) is 3.76. The summed E-state index contributed by atoms with van der Waals surface area (Å²) < 4.78 is 61.3. The Morgan fingerprint density at radius 1 is 1.05 bits per heavy atom. The highest BCUT2D eigenvalue weighted by Crippen LogP contribution is 2.44. The first-order chi connectivity index (χ1) is 19.5. The van der Waals surface area contributed by atoms with E-state index in [4.69, 9.17) is 9.84 Å². The Kier molecular flexibility index (Phi) is 7.29. The lowest BCUT2D eigenvalue weighted by molar-refractivity contribution is -0.137. The van der Waals surface area contributed by atoms with Gasteiger partial charge in [-0.15, -0.1) is 0 Å². The molecule has 5 rings (SSSR count). The van der Waals surface area contributed by atoms with Gasteiger partial charge in [-0.1, -0.05) is 30.3 Å². The Bertz CT molecular complexity index is 1620. The molecule has 2 atom stereocenters. The molecule has 0 radical (unpaired) electrons. The van der Waals surface area contributed by atoms with Crippen molar-refractivity contribution in [2.75, 3.05) is 18.6 Å². The second-order valence-electron chi connectivity index (χ2n) is 9.55. The standard InChI is InChI=1S/C30H26F4N4O3/c1-4-37-28-24(17(2)36-38(28)21-11-6-5-7-12-21)25(18-13-14-22(31)23(16-18)41-3)26(29(37)40)35-27(39)19-9-8-10-20(15-19)30(32,33)34/h5-16,25-26H,4H2,1-3H3,(H,35,39). The molecule has 3 aromatic carbocycles. The zero-order valence-corrected chi connectivity index (χ0v) is 22.4. The lowest BCUT2D eigenvalue weighted by atomic mass is 9.81. The highest BCUT2D eigenvalue weighted by atomic mass is 19.4. The summed E-state index contributed by atoms with van der Waals surface area (Å²) in [7, 11) is 1.31. The van der Waals surface area contributed by atoms with Gasteiger partial charge >= 0.3 is 6.18 Å². The Morgan fingerprint density at radius 3 is 2.44 bits per heavy atom. The minimum Gasteiger partial charge on any atom is -0.494 e. The molecule has 0 bridgehead atoms. The quantitative estimate of drug-likeness (QED) is 0.307. The molecule has 0 aliphatic carbocycles. The largest absolute Gasteiger partial charge is 0.494 e. The smallest absolute Gasteiger partial charge is 0.416 e. The molecular formula is C30H26F4N4O3. The molecule has 11 heteroatoms. The summed E-state index contributed by atoms with van der Waals surface area (Å²) in [5.74, 6) is -2.41. The third-order valence-corrected chi connectivity index (χ3v) is 7.10. The van der Waals surface area contributed by atoms with Gasteiger partial charge in [-0.05, 0) is 61.9 Å². The third kappa shape index (κ3) is 5.03. The van der Waals surface area contributed by atoms with Gasteiger partial charge in [-0.2, -0.15) is 18.3 Å². The van der Waals surface area contributed by atoms with Crippen LogP contribution >= 0.6 is 0 Å². The van der Waals surface area contributed by atoms with E-state index in [1.54, 1.807) is 18.5 Å². The maximum absolute atomic E-state index is 14.4. The van der Waals surface area contributed by atoms with Crippen LogP contribution in [0.3, 0.4) is 0 Å². The lowest BCUT2D eigenvalue weighted by Gasteiger charge is -2.38. The Balaban J connectivity index is 1.68. The van der Waals surface area contributed by atoms with Gasteiger partial charge in [0.05, 0.1) is 24.1 Å². The lowest BCUT2D eigenvalue weighted by Crippen LogP contribution is -2.55. The molecule has 1 aliphatic heterocycles. The molecule has 0 saturated carbocycles. The number of carbonyl (C=O) groups excluding carboxylic acids is 2. The summed E-state index contributed by atoms with van der Waals surface area (Å²) in [6.07, 6.45) is -4.65. The van der Waals surface area contributed by atoms with Crippen LogP contribution in [0.2, 0.25) is 0 Å². The van der Waals surface area contributed by atoms with Crippen molar-refractivity contribution in [2.45, 2.75) is 32.0 Å². The van der Waals surface area contributed by atoms with Crippen LogP contribution in [0.15, 0.2) is 72.8 Å². The van der Waals surface area contributed by atoms with Crippen LogP contribution < -0.4 is 15.0 Å². The summed E-state index contributed by atoms with van der Waals surface area (Å²) in [5.41, 5.74) is 1.08. The van der Waals surface area contributed by atoms with Crippen molar-refractivity contribution in [1.82, 2.24) is 15.1 Å². The van der Waals surface area contributed by atoms with E-state index in [1.807, 2.05) is 30.3 Å². The normalized spacial score (nSPS) is 16.9. The molecule has 7 nitrogen and oxygen atoms in total. The molecule has 1 aliphatic rings. The Labute approximate surface area is 233 Å². The van der Waals surface area contributed by atoms with Crippen LogP contribution in [0, 0.1) is 12.7 Å². The number of benzene rings is 3. The SMILES string of the molecule is CCN1C(=O)C(NC(=O)c2cccc(C(F)(F)F)c2)C(c2ccc(F)c(OC)c2)c2c(C)nn(-c3ccccc3)c21. The van der Waals surface area contributed by atoms with Crippen LogP contribution in [-0.4, -0.2) is 41.3 Å². The van der Waals surface area contributed by atoms with Gasteiger partial charge in [0.2, 0.25) is 0 Å². The fraction of sp³-hybridized carbons (Fsp3) is 0.233. The highest BCUT2D eigenvalue weighted by molar-refractivity contribution is 6.05. The number of aryl methyl sites for hydroxylation is 1. The van der Waals surface area contributed by atoms with Crippen molar-refractivity contribution in [3.63, 3.8) is 0 Å². The number of fused-ring (bicyclic) bond motifs is 1. The maximum atomic E-state index is 14.4. The zero-order chi connectivity index (χ0) is 29.5. The topological polar surface area (TPSA) is 76.5 Å². The van der Waals surface area contributed by atoms with Gasteiger partial charge in [0.25, 0.3) is 11.8 Å².